The normalized spacial score (nSPS) is 11.1. The molecule has 7 heteroatoms. The Bertz CT molecular complexity index is 1560. The maximum atomic E-state index is 13.4. The summed E-state index contributed by atoms with van der Waals surface area (Å²) in [6.45, 7) is 4.39. The highest BCUT2D eigenvalue weighted by atomic mass is 32.1. The second-order valence-electron chi connectivity index (χ2n) is 7.92. The van der Waals surface area contributed by atoms with Gasteiger partial charge in [0.25, 0.3) is 5.56 Å². The fourth-order valence-corrected chi connectivity index (χ4v) is 5.16. The minimum Gasteiger partial charge on any atom is -0.494 e. The molecule has 0 radical (unpaired) electrons. The maximum absolute atomic E-state index is 13.4. The standard InChI is InChI=1S/C27H23N3O3S/c1-3-33-20-13-11-19(12-14-20)24-17(2)34-26-25(24)27(32)30(16-28-26)15-23(31)29-22-10-6-8-18-7-4-5-9-21(18)22/h4-14,16H,3,15H2,1-2H3,(H,29,31). The molecule has 0 saturated heterocycles. The molecule has 0 bridgehead atoms. The SMILES string of the molecule is CCOc1ccc(-c2c(C)sc3ncn(CC(=O)Nc4cccc5ccccc45)c(=O)c23)cc1. The van der Waals surface area contributed by atoms with Crippen LogP contribution in [0.15, 0.2) is 77.9 Å². The summed E-state index contributed by atoms with van der Waals surface area (Å²) < 4.78 is 6.91. The number of amides is 1. The van der Waals surface area contributed by atoms with E-state index in [9.17, 15) is 9.59 Å². The van der Waals surface area contributed by atoms with Crippen molar-refractivity contribution in [3.8, 4) is 16.9 Å². The van der Waals surface area contributed by atoms with Crippen LogP contribution in [0, 0.1) is 6.92 Å². The van der Waals surface area contributed by atoms with Crippen molar-refractivity contribution in [1.82, 2.24) is 9.55 Å². The lowest BCUT2D eigenvalue weighted by Gasteiger charge is -2.10. The van der Waals surface area contributed by atoms with E-state index in [1.807, 2.05) is 80.6 Å². The maximum Gasteiger partial charge on any atom is 0.263 e. The Kier molecular flexibility index (Phi) is 5.86. The van der Waals surface area contributed by atoms with Gasteiger partial charge in [-0.1, -0.05) is 48.5 Å². The molecule has 34 heavy (non-hydrogen) atoms. The summed E-state index contributed by atoms with van der Waals surface area (Å²) in [6.07, 6.45) is 1.45. The summed E-state index contributed by atoms with van der Waals surface area (Å²) in [5.41, 5.74) is 2.26. The molecule has 1 amide bonds. The summed E-state index contributed by atoms with van der Waals surface area (Å²) in [4.78, 5) is 32.4. The molecule has 5 rings (SSSR count). The van der Waals surface area contributed by atoms with E-state index in [4.69, 9.17) is 4.74 Å². The third-order valence-corrected chi connectivity index (χ3v) is 6.70. The number of hydrogen-bond donors (Lipinski definition) is 1. The number of nitrogens with one attached hydrogen (secondary N) is 1. The molecule has 3 aromatic carbocycles. The summed E-state index contributed by atoms with van der Waals surface area (Å²) in [5, 5.41) is 5.46. The van der Waals surface area contributed by atoms with Gasteiger partial charge in [0.1, 0.15) is 17.1 Å². The Hall–Kier alpha value is -3.97. The van der Waals surface area contributed by atoms with Gasteiger partial charge in [-0.05, 0) is 43.0 Å². The number of aromatic nitrogens is 2. The Labute approximate surface area is 200 Å². The van der Waals surface area contributed by atoms with Gasteiger partial charge in [-0.3, -0.25) is 14.2 Å². The third kappa shape index (κ3) is 4.06. The molecule has 0 spiro atoms. The van der Waals surface area contributed by atoms with Crippen LogP contribution in [0.25, 0.3) is 32.1 Å². The van der Waals surface area contributed by atoms with E-state index in [-0.39, 0.29) is 18.0 Å². The van der Waals surface area contributed by atoms with Gasteiger partial charge >= 0.3 is 0 Å². The molecule has 1 N–H and O–H groups in total. The average Bonchev–Trinajstić information content (AvgIpc) is 3.18. The summed E-state index contributed by atoms with van der Waals surface area (Å²) in [5.74, 6) is 0.498. The minimum absolute atomic E-state index is 0.122. The molecule has 2 aromatic heterocycles. The van der Waals surface area contributed by atoms with Crippen LogP contribution in [-0.2, 0) is 11.3 Å². The first kappa shape index (κ1) is 21.9. The topological polar surface area (TPSA) is 73.2 Å². The third-order valence-electron chi connectivity index (χ3n) is 5.69. The first-order valence-electron chi connectivity index (χ1n) is 11.0. The van der Waals surface area contributed by atoms with Crippen molar-refractivity contribution in [3.05, 3.63) is 88.3 Å². The Balaban J connectivity index is 1.47. The van der Waals surface area contributed by atoms with Crippen molar-refractivity contribution in [1.29, 1.82) is 0 Å². The lowest BCUT2D eigenvalue weighted by molar-refractivity contribution is -0.116. The van der Waals surface area contributed by atoms with Crippen LogP contribution in [0.5, 0.6) is 5.75 Å². The number of fused-ring (bicyclic) bond motifs is 2. The fourth-order valence-electron chi connectivity index (χ4n) is 4.16. The van der Waals surface area contributed by atoms with Gasteiger partial charge in [-0.25, -0.2) is 4.98 Å². The van der Waals surface area contributed by atoms with Crippen LogP contribution in [0.1, 0.15) is 11.8 Å². The molecule has 0 unspecified atom stereocenters. The molecule has 6 nitrogen and oxygen atoms in total. The Morgan fingerprint density at radius 2 is 1.82 bits per heavy atom. The predicted octanol–water partition coefficient (Wildman–Crippen LogP) is 5.62. The van der Waals surface area contributed by atoms with Gasteiger partial charge in [0.15, 0.2) is 0 Å². The first-order valence-corrected chi connectivity index (χ1v) is 11.9. The van der Waals surface area contributed by atoms with Crippen LogP contribution in [-0.4, -0.2) is 22.1 Å². The average molecular weight is 470 g/mol. The minimum atomic E-state index is -0.283. The zero-order valence-electron chi connectivity index (χ0n) is 18.9. The zero-order valence-corrected chi connectivity index (χ0v) is 19.7. The number of carbonyl (C=O) groups is 1. The van der Waals surface area contributed by atoms with Crippen LogP contribution < -0.4 is 15.6 Å². The number of anilines is 1. The highest BCUT2D eigenvalue weighted by Gasteiger charge is 2.18. The summed E-state index contributed by atoms with van der Waals surface area (Å²) in [7, 11) is 0. The Morgan fingerprint density at radius 3 is 2.62 bits per heavy atom. The molecular formula is C27H23N3O3S. The molecule has 5 aromatic rings. The molecule has 170 valence electrons. The summed E-state index contributed by atoms with van der Waals surface area (Å²) in [6, 6.07) is 21.3. The van der Waals surface area contributed by atoms with Crippen molar-refractivity contribution < 1.29 is 9.53 Å². The van der Waals surface area contributed by atoms with Crippen molar-refractivity contribution in [2.75, 3.05) is 11.9 Å². The number of ether oxygens (including phenoxy) is 1. The van der Waals surface area contributed by atoms with Gasteiger partial charge in [0.2, 0.25) is 5.91 Å². The Morgan fingerprint density at radius 1 is 1.06 bits per heavy atom. The van der Waals surface area contributed by atoms with E-state index >= 15 is 0 Å². The van der Waals surface area contributed by atoms with Crippen LogP contribution in [0.2, 0.25) is 0 Å². The van der Waals surface area contributed by atoms with Crippen molar-refractivity contribution in [3.63, 3.8) is 0 Å². The van der Waals surface area contributed by atoms with Crippen LogP contribution in [0.3, 0.4) is 0 Å². The van der Waals surface area contributed by atoms with Gasteiger partial charge in [0.05, 0.1) is 18.3 Å². The van der Waals surface area contributed by atoms with Crippen molar-refractivity contribution in [2.45, 2.75) is 20.4 Å². The number of hydrogen-bond acceptors (Lipinski definition) is 5. The van der Waals surface area contributed by atoms with Crippen LogP contribution in [0.4, 0.5) is 5.69 Å². The van der Waals surface area contributed by atoms with Gasteiger partial charge in [-0.2, -0.15) is 0 Å². The molecular weight excluding hydrogens is 446 g/mol. The highest BCUT2D eigenvalue weighted by molar-refractivity contribution is 7.19. The van der Waals surface area contributed by atoms with Crippen molar-refractivity contribution in [2.24, 2.45) is 0 Å². The molecule has 0 aliphatic carbocycles. The van der Waals surface area contributed by atoms with Gasteiger partial charge < -0.3 is 10.1 Å². The number of thiophene rings is 1. The van der Waals surface area contributed by atoms with E-state index in [1.54, 1.807) is 0 Å². The lowest BCUT2D eigenvalue weighted by atomic mass is 10.0. The smallest absolute Gasteiger partial charge is 0.263 e. The second kappa shape index (κ2) is 9.11. The molecule has 0 saturated carbocycles. The second-order valence-corrected chi connectivity index (χ2v) is 9.13. The molecule has 2 heterocycles. The number of carbonyl (C=O) groups excluding carboxylic acids is 1. The molecule has 0 atom stereocenters. The summed E-state index contributed by atoms with van der Waals surface area (Å²) >= 11 is 1.48. The fraction of sp³-hybridized carbons (Fsp3) is 0.148. The van der Waals surface area contributed by atoms with E-state index in [0.29, 0.717) is 22.5 Å². The number of nitrogens with zero attached hydrogens (tertiary/aromatic N) is 2. The quantitative estimate of drug-likeness (QED) is 0.350. The lowest BCUT2D eigenvalue weighted by Crippen LogP contribution is -2.27. The highest BCUT2D eigenvalue weighted by Crippen LogP contribution is 2.36. The number of rotatable bonds is 6. The monoisotopic (exact) mass is 469 g/mol. The number of benzene rings is 3. The van der Waals surface area contributed by atoms with E-state index in [1.165, 1.54) is 22.2 Å². The van der Waals surface area contributed by atoms with Crippen molar-refractivity contribution >= 4 is 43.9 Å². The predicted molar refractivity (Wildman–Crippen MR) is 138 cm³/mol. The molecule has 0 aliphatic heterocycles. The number of aryl methyl sites for hydroxylation is 1. The van der Waals surface area contributed by atoms with E-state index in [2.05, 4.69) is 10.3 Å². The largest absolute Gasteiger partial charge is 0.494 e. The zero-order chi connectivity index (χ0) is 23.7. The van der Waals surface area contributed by atoms with Crippen LogP contribution >= 0.6 is 11.3 Å². The van der Waals surface area contributed by atoms with Gasteiger partial charge in [0, 0.05) is 21.5 Å². The van der Waals surface area contributed by atoms with E-state index < -0.39 is 0 Å². The molecule has 0 aliphatic rings. The van der Waals surface area contributed by atoms with Gasteiger partial charge in [-0.15, -0.1) is 11.3 Å². The van der Waals surface area contributed by atoms with E-state index in [0.717, 1.165) is 32.5 Å². The molecule has 0 fully saturated rings. The first-order chi connectivity index (χ1) is 16.5.